The summed E-state index contributed by atoms with van der Waals surface area (Å²) in [5.74, 6) is 0. The van der Waals surface area contributed by atoms with Crippen molar-refractivity contribution in [3.63, 3.8) is 0 Å². The van der Waals surface area contributed by atoms with E-state index in [-0.39, 0.29) is 6.03 Å². The fraction of sp³-hybridized carbons (Fsp3) is 0.250. The van der Waals surface area contributed by atoms with Crippen LogP contribution in [0.25, 0.3) is 10.9 Å². The molecule has 2 N–H and O–H groups in total. The zero-order chi connectivity index (χ0) is 17.6. The Morgan fingerprint density at radius 1 is 1.16 bits per heavy atom. The summed E-state index contributed by atoms with van der Waals surface area (Å²) in [5.41, 5.74) is 4.02. The average Bonchev–Trinajstić information content (AvgIpc) is 3.08. The van der Waals surface area contributed by atoms with Crippen molar-refractivity contribution in [3.05, 3.63) is 65.9 Å². The molecule has 0 saturated carbocycles. The van der Waals surface area contributed by atoms with Crippen LogP contribution in [0.5, 0.6) is 0 Å². The highest BCUT2D eigenvalue weighted by atomic mass is 16.5. The fourth-order valence-electron chi connectivity index (χ4n) is 2.86. The Bertz CT molecular complexity index is 857. The largest absolute Gasteiger partial charge is 0.380 e. The van der Waals surface area contributed by atoms with Crippen LogP contribution >= 0.6 is 0 Å². The van der Waals surface area contributed by atoms with Gasteiger partial charge >= 0.3 is 6.03 Å². The first-order chi connectivity index (χ1) is 12.2. The number of nitrogens with zero attached hydrogens (tertiary/aromatic N) is 1. The standard InChI is InChI=1S/C20H23N3O2/c1-3-23(13-15-7-8-19-17(11-15)9-10-21-19)20(24)22-18-6-4-5-16(12-18)14-25-2/h4-12,21H,3,13-14H2,1-2H3,(H,22,24). The number of rotatable bonds is 6. The number of H-pyrrole nitrogens is 1. The van der Waals surface area contributed by atoms with Crippen LogP contribution in [0.2, 0.25) is 0 Å². The van der Waals surface area contributed by atoms with Crippen LogP contribution in [0, 0.1) is 0 Å². The van der Waals surface area contributed by atoms with Crippen molar-refractivity contribution in [2.75, 3.05) is 19.0 Å². The Morgan fingerprint density at radius 3 is 2.84 bits per heavy atom. The average molecular weight is 337 g/mol. The first kappa shape index (κ1) is 17.0. The molecule has 5 heteroatoms. The molecule has 2 aromatic carbocycles. The van der Waals surface area contributed by atoms with Crippen molar-refractivity contribution in [3.8, 4) is 0 Å². The van der Waals surface area contributed by atoms with Crippen LogP contribution in [0.15, 0.2) is 54.7 Å². The molecule has 0 unspecified atom stereocenters. The number of amides is 2. The van der Waals surface area contributed by atoms with Gasteiger partial charge in [0.25, 0.3) is 0 Å². The predicted octanol–water partition coefficient (Wildman–Crippen LogP) is 4.37. The van der Waals surface area contributed by atoms with E-state index in [0.717, 1.165) is 27.7 Å². The van der Waals surface area contributed by atoms with Gasteiger partial charge in [-0.3, -0.25) is 0 Å². The number of carbonyl (C=O) groups is 1. The van der Waals surface area contributed by atoms with Gasteiger partial charge in [-0.05, 0) is 53.8 Å². The van der Waals surface area contributed by atoms with Crippen LogP contribution in [-0.4, -0.2) is 29.6 Å². The van der Waals surface area contributed by atoms with Gasteiger partial charge in [-0.15, -0.1) is 0 Å². The lowest BCUT2D eigenvalue weighted by Crippen LogP contribution is -2.34. The third-order valence-electron chi connectivity index (χ3n) is 4.15. The van der Waals surface area contributed by atoms with Gasteiger partial charge in [0, 0.05) is 37.6 Å². The predicted molar refractivity (Wildman–Crippen MR) is 101 cm³/mol. The molecule has 2 amide bonds. The number of anilines is 1. The zero-order valence-electron chi connectivity index (χ0n) is 14.6. The van der Waals surface area contributed by atoms with E-state index in [1.165, 1.54) is 0 Å². The molecule has 0 bridgehead atoms. The summed E-state index contributed by atoms with van der Waals surface area (Å²) in [6.07, 6.45) is 1.92. The molecule has 1 aromatic heterocycles. The summed E-state index contributed by atoms with van der Waals surface area (Å²) < 4.78 is 5.14. The summed E-state index contributed by atoms with van der Waals surface area (Å²) in [6.45, 7) is 3.71. The highest BCUT2D eigenvalue weighted by Gasteiger charge is 2.13. The maximum atomic E-state index is 12.6. The molecule has 0 aliphatic rings. The maximum absolute atomic E-state index is 12.6. The number of aromatic amines is 1. The van der Waals surface area contributed by atoms with E-state index in [9.17, 15) is 4.79 Å². The summed E-state index contributed by atoms with van der Waals surface area (Å²) in [6, 6.07) is 15.8. The third-order valence-corrected chi connectivity index (χ3v) is 4.15. The van der Waals surface area contributed by atoms with Crippen molar-refractivity contribution < 1.29 is 9.53 Å². The van der Waals surface area contributed by atoms with Gasteiger partial charge in [-0.1, -0.05) is 18.2 Å². The Kier molecular flexibility index (Phi) is 5.36. The van der Waals surface area contributed by atoms with Crippen molar-refractivity contribution in [2.45, 2.75) is 20.1 Å². The number of methoxy groups -OCH3 is 1. The lowest BCUT2D eigenvalue weighted by atomic mass is 10.1. The number of hydrogen-bond donors (Lipinski definition) is 2. The van der Waals surface area contributed by atoms with Crippen LogP contribution in [0.1, 0.15) is 18.1 Å². The van der Waals surface area contributed by atoms with E-state index in [4.69, 9.17) is 4.74 Å². The second kappa shape index (κ2) is 7.85. The minimum atomic E-state index is -0.105. The monoisotopic (exact) mass is 337 g/mol. The molecule has 130 valence electrons. The topological polar surface area (TPSA) is 57.4 Å². The van der Waals surface area contributed by atoms with Crippen LogP contribution in [0.3, 0.4) is 0 Å². The smallest absolute Gasteiger partial charge is 0.322 e. The van der Waals surface area contributed by atoms with Crippen LogP contribution < -0.4 is 5.32 Å². The molecule has 5 nitrogen and oxygen atoms in total. The first-order valence-corrected chi connectivity index (χ1v) is 8.39. The lowest BCUT2D eigenvalue weighted by molar-refractivity contribution is 0.185. The minimum Gasteiger partial charge on any atom is -0.380 e. The highest BCUT2D eigenvalue weighted by Crippen LogP contribution is 2.17. The summed E-state index contributed by atoms with van der Waals surface area (Å²) in [5, 5.41) is 4.12. The van der Waals surface area contributed by atoms with Gasteiger partial charge in [0.15, 0.2) is 0 Å². The van der Waals surface area contributed by atoms with Crippen molar-refractivity contribution >= 4 is 22.6 Å². The van der Waals surface area contributed by atoms with E-state index in [0.29, 0.717) is 19.7 Å². The Labute approximate surface area is 147 Å². The van der Waals surface area contributed by atoms with E-state index in [1.807, 2.05) is 55.6 Å². The number of fused-ring (bicyclic) bond motifs is 1. The molecule has 0 radical (unpaired) electrons. The second-order valence-corrected chi connectivity index (χ2v) is 5.98. The number of ether oxygens (including phenoxy) is 1. The number of benzene rings is 2. The normalized spacial score (nSPS) is 10.8. The van der Waals surface area contributed by atoms with Gasteiger partial charge < -0.3 is 19.9 Å². The van der Waals surface area contributed by atoms with E-state index >= 15 is 0 Å². The van der Waals surface area contributed by atoms with E-state index in [2.05, 4.69) is 16.4 Å². The molecule has 25 heavy (non-hydrogen) atoms. The number of hydrogen-bond acceptors (Lipinski definition) is 2. The third kappa shape index (κ3) is 4.19. The highest BCUT2D eigenvalue weighted by molar-refractivity contribution is 5.89. The molecule has 3 aromatic rings. The fourth-order valence-corrected chi connectivity index (χ4v) is 2.86. The lowest BCUT2D eigenvalue weighted by Gasteiger charge is -2.22. The summed E-state index contributed by atoms with van der Waals surface area (Å²) in [4.78, 5) is 17.6. The molecule has 0 saturated heterocycles. The molecule has 0 aliphatic heterocycles. The minimum absolute atomic E-state index is 0.105. The van der Waals surface area contributed by atoms with Crippen LogP contribution in [-0.2, 0) is 17.9 Å². The molecule has 0 fully saturated rings. The first-order valence-electron chi connectivity index (χ1n) is 8.39. The Morgan fingerprint density at radius 2 is 2.04 bits per heavy atom. The number of urea groups is 1. The Balaban J connectivity index is 1.69. The van der Waals surface area contributed by atoms with Gasteiger partial charge in [-0.2, -0.15) is 0 Å². The molecule has 0 atom stereocenters. The molecule has 0 spiro atoms. The van der Waals surface area contributed by atoms with Crippen molar-refractivity contribution in [2.24, 2.45) is 0 Å². The quantitative estimate of drug-likeness (QED) is 0.702. The molecular weight excluding hydrogens is 314 g/mol. The summed E-state index contributed by atoms with van der Waals surface area (Å²) >= 11 is 0. The van der Waals surface area contributed by atoms with Gasteiger partial charge in [0.2, 0.25) is 0 Å². The summed E-state index contributed by atoms with van der Waals surface area (Å²) in [7, 11) is 1.66. The molecule has 3 rings (SSSR count). The van der Waals surface area contributed by atoms with Crippen molar-refractivity contribution in [1.29, 1.82) is 0 Å². The molecule has 1 heterocycles. The van der Waals surface area contributed by atoms with E-state index in [1.54, 1.807) is 12.0 Å². The van der Waals surface area contributed by atoms with Crippen molar-refractivity contribution in [1.82, 2.24) is 9.88 Å². The number of carbonyl (C=O) groups excluding carboxylic acids is 1. The zero-order valence-corrected chi connectivity index (χ0v) is 14.6. The number of aromatic nitrogens is 1. The van der Waals surface area contributed by atoms with E-state index < -0.39 is 0 Å². The van der Waals surface area contributed by atoms with Gasteiger partial charge in [-0.25, -0.2) is 4.79 Å². The number of nitrogens with one attached hydrogen (secondary N) is 2. The Hall–Kier alpha value is -2.79. The molecular formula is C20H23N3O2. The van der Waals surface area contributed by atoms with Gasteiger partial charge in [0.05, 0.1) is 6.61 Å². The molecule has 0 aliphatic carbocycles. The SMILES string of the molecule is CCN(Cc1ccc2[nH]ccc2c1)C(=O)Nc1cccc(COC)c1. The van der Waals surface area contributed by atoms with Crippen LogP contribution in [0.4, 0.5) is 10.5 Å². The second-order valence-electron chi connectivity index (χ2n) is 5.98. The maximum Gasteiger partial charge on any atom is 0.322 e. The van der Waals surface area contributed by atoms with Gasteiger partial charge in [0.1, 0.15) is 0 Å².